The van der Waals surface area contributed by atoms with Crippen LogP contribution in [0, 0.1) is 6.92 Å². The van der Waals surface area contributed by atoms with E-state index in [-0.39, 0.29) is 23.9 Å². The SMILES string of the molecule is Cc1ccc(S(=O)(=O)NCCNC(=O)C2(N)CC2)cc1. The maximum absolute atomic E-state index is 11.9. The Morgan fingerprint density at radius 2 is 1.85 bits per heavy atom. The molecule has 1 amide bonds. The summed E-state index contributed by atoms with van der Waals surface area (Å²) >= 11 is 0. The Hall–Kier alpha value is -1.44. The van der Waals surface area contributed by atoms with Crippen molar-refractivity contribution in [2.45, 2.75) is 30.2 Å². The van der Waals surface area contributed by atoms with Gasteiger partial charge in [0.15, 0.2) is 0 Å². The van der Waals surface area contributed by atoms with Gasteiger partial charge in [-0.3, -0.25) is 4.79 Å². The number of rotatable bonds is 6. The van der Waals surface area contributed by atoms with Crippen LogP contribution in [0.4, 0.5) is 0 Å². The lowest BCUT2D eigenvalue weighted by Crippen LogP contribution is -2.45. The van der Waals surface area contributed by atoms with Crippen molar-refractivity contribution in [2.24, 2.45) is 5.73 Å². The summed E-state index contributed by atoms with van der Waals surface area (Å²) in [6, 6.07) is 6.58. The molecule has 0 bridgehead atoms. The number of sulfonamides is 1. The number of carbonyl (C=O) groups excluding carboxylic acids is 1. The van der Waals surface area contributed by atoms with Crippen LogP contribution in [0.3, 0.4) is 0 Å². The summed E-state index contributed by atoms with van der Waals surface area (Å²) in [5.74, 6) is -0.216. The van der Waals surface area contributed by atoms with Gasteiger partial charge in [-0.25, -0.2) is 13.1 Å². The molecular formula is C13H19N3O3S. The molecule has 7 heteroatoms. The first kappa shape index (κ1) is 15.0. The highest BCUT2D eigenvalue weighted by molar-refractivity contribution is 7.89. The zero-order valence-electron chi connectivity index (χ0n) is 11.3. The molecule has 0 spiro atoms. The van der Waals surface area contributed by atoms with E-state index in [0.29, 0.717) is 12.8 Å². The number of carbonyl (C=O) groups is 1. The molecule has 1 saturated carbocycles. The van der Waals surface area contributed by atoms with Crippen molar-refractivity contribution in [1.82, 2.24) is 10.0 Å². The maximum atomic E-state index is 11.9. The van der Waals surface area contributed by atoms with Crippen LogP contribution in [0.2, 0.25) is 0 Å². The van der Waals surface area contributed by atoms with Crippen LogP contribution < -0.4 is 15.8 Å². The first-order valence-electron chi connectivity index (χ1n) is 6.47. The van der Waals surface area contributed by atoms with Gasteiger partial charge in [-0.05, 0) is 31.9 Å². The average molecular weight is 297 g/mol. The van der Waals surface area contributed by atoms with Crippen LogP contribution in [0.15, 0.2) is 29.2 Å². The van der Waals surface area contributed by atoms with E-state index in [1.165, 1.54) is 0 Å². The molecule has 110 valence electrons. The van der Waals surface area contributed by atoms with Gasteiger partial charge in [0.25, 0.3) is 0 Å². The van der Waals surface area contributed by atoms with Gasteiger partial charge in [0.2, 0.25) is 15.9 Å². The standard InChI is InChI=1S/C13H19N3O3S/c1-10-2-4-11(5-3-10)20(18,19)16-9-8-15-12(17)13(14)6-7-13/h2-5,16H,6-9,14H2,1H3,(H,15,17). The van der Waals surface area contributed by atoms with E-state index in [4.69, 9.17) is 5.73 Å². The second-order valence-corrected chi connectivity index (χ2v) is 6.89. The van der Waals surface area contributed by atoms with E-state index in [1.807, 2.05) is 6.92 Å². The number of hydrogen-bond acceptors (Lipinski definition) is 4. The molecule has 0 radical (unpaired) electrons. The van der Waals surface area contributed by atoms with Crippen LogP contribution in [0.1, 0.15) is 18.4 Å². The number of hydrogen-bond donors (Lipinski definition) is 3. The summed E-state index contributed by atoms with van der Waals surface area (Å²) in [6.07, 6.45) is 1.38. The van der Waals surface area contributed by atoms with E-state index in [0.717, 1.165) is 5.56 Å². The Balaban J connectivity index is 1.81. The first-order chi connectivity index (χ1) is 9.33. The molecule has 2 rings (SSSR count). The second kappa shape index (κ2) is 5.51. The normalized spacial score (nSPS) is 16.7. The number of nitrogens with two attached hydrogens (primary N) is 1. The lowest BCUT2D eigenvalue weighted by atomic mass is 10.2. The molecule has 0 aliphatic heterocycles. The van der Waals surface area contributed by atoms with Gasteiger partial charge in [-0.1, -0.05) is 17.7 Å². The predicted molar refractivity (Wildman–Crippen MR) is 75.5 cm³/mol. The first-order valence-corrected chi connectivity index (χ1v) is 7.95. The fourth-order valence-electron chi connectivity index (χ4n) is 1.70. The van der Waals surface area contributed by atoms with Crippen molar-refractivity contribution < 1.29 is 13.2 Å². The predicted octanol–water partition coefficient (Wildman–Crippen LogP) is -0.119. The molecule has 1 aromatic rings. The Bertz CT molecular complexity index is 592. The monoisotopic (exact) mass is 297 g/mol. The van der Waals surface area contributed by atoms with Crippen LogP contribution in [0.25, 0.3) is 0 Å². The Labute approximate surface area is 118 Å². The Morgan fingerprint density at radius 1 is 1.25 bits per heavy atom. The van der Waals surface area contributed by atoms with Crippen molar-refractivity contribution in [3.05, 3.63) is 29.8 Å². The van der Waals surface area contributed by atoms with E-state index < -0.39 is 15.6 Å². The van der Waals surface area contributed by atoms with Gasteiger partial charge in [0.05, 0.1) is 10.4 Å². The van der Waals surface area contributed by atoms with E-state index >= 15 is 0 Å². The van der Waals surface area contributed by atoms with Crippen molar-refractivity contribution in [1.29, 1.82) is 0 Å². The van der Waals surface area contributed by atoms with E-state index in [2.05, 4.69) is 10.0 Å². The summed E-state index contributed by atoms with van der Waals surface area (Å²) in [4.78, 5) is 11.8. The second-order valence-electron chi connectivity index (χ2n) is 5.12. The fourth-order valence-corrected chi connectivity index (χ4v) is 2.73. The third kappa shape index (κ3) is 3.56. The smallest absolute Gasteiger partial charge is 0.240 e. The molecule has 4 N–H and O–H groups in total. The quantitative estimate of drug-likeness (QED) is 0.637. The molecule has 0 unspecified atom stereocenters. The van der Waals surface area contributed by atoms with Gasteiger partial charge >= 0.3 is 0 Å². The molecule has 1 fully saturated rings. The molecule has 0 saturated heterocycles. The molecule has 1 aromatic carbocycles. The van der Waals surface area contributed by atoms with Crippen LogP contribution in [-0.2, 0) is 14.8 Å². The zero-order valence-corrected chi connectivity index (χ0v) is 12.2. The molecule has 0 aromatic heterocycles. The van der Waals surface area contributed by atoms with Gasteiger partial charge < -0.3 is 11.1 Å². The molecular weight excluding hydrogens is 278 g/mol. The third-order valence-corrected chi connectivity index (χ3v) is 4.75. The number of nitrogens with one attached hydrogen (secondary N) is 2. The molecule has 0 atom stereocenters. The number of aryl methyl sites for hydroxylation is 1. The van der Waals surface area contributed by atoms with Crippen molar-refractivity contribution in [3.63, 3.8) is 0 Å². The third-order valence-electron chi connectivity index (χ3n) is 3.27. The van der Waals surface area contributed by atoms with Crippen molar-refractivity contribution in [2.75, 3.05) is 13.1 Å². The topological polar surface area (TPSA) is 101 Å². The zero-order chi connectivity index (χ0) is 14.8. The summed E-state index contributed by atoms with van der Waals surface area (Å²) in [5, 5.41) is 2.63. The maximum Gasteiger partial charge on any atom is 0.240 e. The van der Waals surface area contributed by atoms with Crippen molar-refractivity contribution in [3.8, 4) is 0 Å². The highest BCUT2D eigenvalue weighted by atomic mass is 32.2. The lowest BCUT2D eigenvalue weighted by molar-refractivity contribution is -0.123. The van der Waals surface area contributed by atoms with Gasteiger partial charge in [-0.15, -0.1) is 0 Å². The highest BCUT2D eigenvalue weighted by Crippen LogP contribution is 2.31. The summed E-state index contributed by atoms with van der Waals surface area (Å²) < 4.78 is 26.3. The fraction of sp³-hybridized carbons (Fsp3) is 0.462. The molecule has 20 heavy (non-hydrogen) atoms. The Kier molecular flexibility index (Phi) is 4.12. The minimum atomic E-state index is -3.53. The van der Waals surface area contributed by atoms with Gasteiger partial charge in [-0.2, -0.15) is 0 Å². The van der Waals surface area contributed by atoms with Crippen LogP contribution in [0.5, 0.6) is 0 Å². The van der Waals surface area contributed by atoms with E-state index in [1.54, 1.807) is 24.3 Å². The van der Waals surface area contributed by atoms with Gasteiger partial charge in [0, 0.05) is 13.1 Å². The van der Waals surface area contributed by atoms with Crippen molar-refractivity contribution >= 4 is 15.9 Å². The van der Waals surface area contributed by atoms with E-state index in [9.17, 15) is 13.2 Å². The molecule has 1 aliphatic carbocycles. The largest absolute Gasteiger partial charge is 0.353 e. The van der Waals surface area contributed by atoms with Crippen LogP contribution >= 0.6 is 0 Å². The average Bonchev–Trinajstić information content (AvgIpc) is 3.14. The number of amides is 1. The highest BCUT2D eigenvalue weighted by Gasteiger charge is 2.45. The summed E-state index contributed by atoms with van der Waals surface area (Å²) in [5.41, 5.74) is 5.98. The van der Waals surface area contributed by atoms with Crippen LogP contribution in [-0.4, -0.2) is 33.0 Å². The molecule has 0 heterocycles. The molecule has 1 aliphatic rings. The summed E-state index contributed by atoms with van der Waals surface area (Å²) in [7, 11) is -3.53. The molecule has 6 nitrogen and oxygen atoms in total. The minimum Gasteiger partial charge on any atom is -0.353 e. The minimum absolute atomic E-state index is 0.137. The summed E-state index contributed by atoms with van der Waals surface area (Å²) in [6.45, 7) is 2.25. The Morgan fingerprint density at radius 3 is 2.40 bits per heavy atom. The lowest BCUT2D eigenvalue weighted by Gasteiger charge is -2.11. The van der Waals surface area contributed by atoms with Gasteiger partial charge in [0.1, 0.15) is 0 Å². The number of benzene rings is 1.